The second-order valence-corrected chi connectivity index (χ2v) is 6.04. The zero-order chi connectivity index (χ0) is 15.9. The van der Waals surface area contributed by atoms with E-state index in [2.05, 4.69) is 0 Å². The Morgan fingerprint density at radius 3 is 2.64 bits per heavy atom. The monoisotopic (exact) mass is 324 g/mol. The molecular formula is C16H20O5S. The Bertz CT molecular complexity index is 537. The summed E-state index contributed by atoms with van der Waals surface area (Å²) in [6, 6.07) is 4.98. The van der Waals surface area contributed by atoms with E-state index in [-0.39, 0.29) is 18.3 Å². The first-order chi connectivity index (χ1) is 10.7. The van der Waals surface area contributed by atoms with Gasteiger partial charge in [-0.3, -0.25) is 4.79 Å². The highest BCUT2D eigenvalue weighted by Gasteiger charge is 2.25. The largest absolute Gasteiger partial charge is 0.492 e. The summed E-state index contributed by atoms with van der Waals surface area (Å²) >= 11 is 1.91. The zero-order valence-corrected chi connectivity index (χ0v) is 13.6. The number of benzene rings is 1. The Morgan fingerprint density at radius 2 is 2.00 bits per heavy atom. The molecule has 1 aliphatic rings. The second-order valence-electron chi connectivity index (χ2n) is 4.82. The van der Waals surface area contributed by atoms with Crippen molar-refractivity contribution in [3.63, 3.8) is 0 Å². The highest BCUT2D eigenvalue weighted by atomic mass is 32.2. The van der Waals surface area contributed by atoms with Crippen molar-refractivity contribution in [2.24, 2.45) is 0 Å². The molecule has 6 heteroatoms. The van der Waals surface area contributed by atoms with Gasteiger partial charge in [-0.15, -0.1) is 0 Å². The van der Waals surface area contributed by atoms with E-state index in [0.717, 1.165) is 24.3 Å². The fourth-order valence-electron chi connectivity index (χ4n) is 2.28. The molecule has 0 aliphatic carbocycles. The van der Waals surface area contributed by atoms with Crippen LogP contribution in [-0.4, -0.2) is 43.1 Å². The molecule has 0 radical (unpaired) electrons. The third kappa shape index (κ3) is 3.94. The normalized spacial score (nSPS) is 15.2. The molecule has 0 aromatic heterocycles. The summed E-state index contributed by atoms with van der Waals surface area (Å²) in [4.78, 5) is 23.8. The summed E-state index contributed by atoms with van der Waals surface area (Å²) in [6.45, 7) is 1.81. The number of carbonyl (C=O) groups excluding carboxylic acids is 2. The number of carbonyl (C=O) groups is 2. The highest BCUT2D eigenvalue weighted by molar-refractivity contribution is 7.99. The molecule has 1 saturated heterocycles. The van der Waals surface area contributed by atoms with Gasteiger partial charge in [0.1, 0.15) is 6.10 Å². The van der Waals surface area contributed by atoms with Gasteiger partial charge in [0.05, 0.1) is 19.3 Å². The molecule has 5 nitrogen and oxygen atoms in total. The van der Waals surface area contributed by atoms with E-state index >= 15 is 0 Å². The summed E-state index contributed by atoms with van der Waals surface area (Å²) in [5, 5.41) is 0. The van der Waals surface area contributed by atoms with E-state index in [1.54, 1.807) is 25.1 Å². The summed E-state index contributed by atoms with van der Waals surface area (Å²) in [5.41, 5.74) is 0.170. The molecule has 0 unspecified atom stereocenters. The van der Waals surface area contributed by atoms with Crippen molar-refractivity contribution in [2.75, 3.05) is 25.2 Å². The topological polar surface area (TPSA) is 61.8 Å². The lowest BCUT2D eigenvalue weighted by atomic mass is 10.1. The Labute approximate surface area is 134 Å². The fraction of sp³-hybridized carbons (Fsp3) is 0.500. The zero-order valence-electron chi connectivity index (χ0n) is 12.8. The second kappa shape index (κ2) is 8.08. The number of hydrogen-bond donors (Lipinski definition) is 0. The molecule has 22 heavy (non-hydrogen) atoms. The van der Waals surface area contributed by atoms with Gasteiger partial charge in [-0.05, 0) is 43.4 Å². The number of ether oxygens (including phenoxy) is 3. The number of esters is 1. The molecule has 0 bridgehead atoms. The minimum Gasteiger partial charge on any atom is -0.492 e. The third-order valence-electron chi connectivity index (χ3n) is 3.35. The summed E-state index contributed by atoms with van der Waals surface area (Å²) in [5.74, 6) is 1.31. The molecule has 0 atom stereocenters. The van der Waals surface area contributed by atoms with Crippen LogP contribution in [0.25, 0.3) is 0 Å². The maximum absolute atomic E-state index is 12.1. The summed E-state index contributed by atoms with van der Waals surface area (Å²) in [7, 11) is 1.46. The van der Waals surface area contributed by atoms with Crippen LogP contribution in [0.2, 0.25) is 0 Å². The molecule has 1 heterocycles. The lowest BCUT2D eigenvalue weighted by Crippen LogP contribution is -2.23. The van der Waals surface area contributed by atoms with E-state index in [4.69, 9.17) is 14.2 Å². The average molecular weight is 324 g/mol. The van der Waals surface area contributed by atoms with Gasteiger partial charge in [-0.1, -0.05) is 6.07 Å². The van der Waals surface area contributed by atoms with Crippen LogP contribution in [-0.2, 0) is 9.53 Å². The Balaban J connectivity index is 2.22. The van der Waals surface area contributed by atoms with E-state index in [9.17, 15) is 9.59 Å². The Kier molecular flexibility index (Phi) is 6.12. The summed E-state index contributed by atoms with van der Waals surface area (Å²) < 4.78 is 16.0. The maximum Gasteiger partial charge on any atom is 0.379 e. The smallest absolute Gasteiger partial charge is 0.379 e. The van der Waals surface area contributed by atoms with Gasteiger partial charge in [0.2, 0.25) is 0 Å². The first-order valence-electron chi connectivity index (χ1n) is 7.30. The molecule has 1 aliphatic heterocycles. The van der Waals surface area contributed by atoms with Crippen LogP contribution in [0.4, 0.5) is 0 Å². The minimum absolute atomic E-state index is 0.114. The highest BCUT2D eigenvalue weighted by Crippen LogP contribution is 2.34. The molecule has 1 aromatic rings. The minimum atomic E-state index is -0.882. The van der Waals surface area contributed by atoms with Crippen LogP contribution in [0.3, 0.4) is 0 Å². The van der Waals surface area contributed by atoms with Gasteiger partial charge in [-0.2, -0.15) is 11.8 Å². The van der Waals surface area contributed by atoms with Crippen molar-refractivity contribution in [1.82, 2.24) is 0 Å². The lowest BCUT2D eigenvalue weighted by molar-refractivity contribution is -0.137. The number of thioether (sulfide) groups is 1. The van der Waals surface area contributed by atoms with Gasteiger partial charge in [0.25, 0.3) is 5.78 Å². The van der Waals surface area contributed by atoms with Crippen LogP contribution in [0.15, 0.2) is 18.2 Å². The van der Waals surface area contributed by atoms with Crippen molar-refractivity contribution >= 4 is 23.5 Å². The lowest BCUT2D eigenvalue weighted by Gasteiger charge is -2.24. The Morgan fingerprint density at radius 1 is 1.27 bits per heavy atom. The number of ketones is 1. The average Bonchev–Trinajstić information content (AvgIpc) is 2.55. The van der Waals surface area contributed by atoms with Crippen molar-refractivity contribution in [3.05, 3.63) is 23.8 Å². The number of rotatable bonds is 6. The van der Waals surface area contributed by atoms with E-state index in [0.29, 0.717) is 11.5 Å². The third-order valence-corrected chi connectivity index (χ3v) is 4.40. The van der Waals surface area contributed by atoms with E-state index in [1.807, 2.05) is 11.8 Å². The predicted octanol–water partition coefficient (Wildman–Crippen LogP) is 2.72. The molecule has 0 amide bonds. The van der Waals surface area contributed by atoms with Crippen molar-refractivity contribution < 1.29 is 23.8 Å². The molecule has 0 N–H and O–H groups in total. The van der Waals surface area contributed by atoms with E-state index in [1.165, 1.54) is 7.11 Å². The molecule has 2 rings (SSSR count). The van der Waals surface area contributed by atoms with Crippen LogP contribution in [0.1, 0.15) is 30.1 Å². The van der Waals surface area contributed by atoms with Gasteiger partial charge < -0.3 is 14.2 Å². The molecule has 1 fully saturated rings. The van der Waals surface area contributed by atoms with Crippen LogP contribution in [0.5, 0.6) is 11.5 Å². The fourth-order valence-corrected chi connectivity index (χ4v) is 3.34. The molecule has 120 valence electrons. The maximum atomic E-state index is 12.1. The Hall–Kier alpha value is -1.69. The number of methoxy groups -OCH3 is 1. The van der Waals surface area contributed by atoms with Gasteiger partial charge in [-0.25, -0.2) is 4.79 Å². The first-order valence-corrected chi connectivity index (χ1v) is 8.45. The van der Waals surface area contributed by atoms with E-state index < -0.39 is 11.8 Å². The van der Waals surface area contributed by atoms with Crippen molar-refractivity contribution in [3.8, 4) is 11.5 Å². The van der Waals surface area contributed by atoms with Gasteiger partial charge in [0.15, 0.2) is 11.5 Å². The SMILES string of the molecule is CCOC(=O)C(=O)c1cccc(OC2CCSCC2)c1OC. The van der Waals surface area contributed by atoms with Crippen molar-refractivity contribution in [1.29, 1.82) is 0 Å². The van der Waals surface area contributed by atoms with Gasteiger partial charge in [0, 0.05) is 0 Å². The summed E-state index contributed by atoms with van der Waals surface area (Å²) in [6.07, 6.45) is 2.04. The predicted molar refractivity (Wildman–Crippen MR) is 84.9 cm³/mol. The molecular weight excluding hydrogens is 304 g/mol. The van der Waals surface area contributed by atoms with Crippen LogP contribution >= 0.6 is 11.8 Å². The van der Waals surface area contributed by atoms with Crippen LogP contribution < -0.4 is 9.47 Å². The molecule has 1 aromatic carbocycles. The number of para-hydroxylation sites is 1. The van der Waals surface area contributed by atoms with Crippen LogP contribution in [0, 0.1) is 0 Å². The molecule has 0 saturated carbocycles. The first kappa shape index (κ1) is 16.7. The molecule has 0 spiro atoms. The number of Topliss-reactive ketones (excluding diaryl/α,β-unsaturated/α-hetero) is 1. The number of hydrogen-bond acceptors (Lipinski definition) is 6. The standard InChI is InChI=1S/C16H20O5S/c1-3-20-16(18)14(17)12-5-4-6-13(15(12)19-2)21-11-7-9-22-10-8-11/h4-6,11H,3,7-10H2,1-2H3. The van der Waals surface area contributed by atoms with Gasteiger partial charge >= 0.3 is 5.97 Å². The van der Waals surface area contributed by atoms with Crippen molar-refractivity contribution in [2.45, 2.75) is 25.9 Å². The quantitative estimate of drug-likeness (QED) is 0.455.